The number of amides is 3. The number of urea groups is 1. The Bertz CT molecular complexity index is 1410. The van der Waals surface area contributed by atoms with Crippen molar-refractivity contribution in [3.05, 3.63) is 96.5 Å². The van der Waals surface area contributed by atoms with Crippen LogP contribution in [0.2, 0.25) is 0 Å². The second kappa shape index (κ2) is 14.5. The number of rotatable bonds is 12. The molecule has 0 spiro atoms. The van der Waals surface area contributed by atoms with Crippen LogP contribution in [-0.2, 0) is 11.3 Å². The summed E-state index contributed by atoms with van der Waals surface area (Å²) < 4.78 is 16.6. The summed E-state index contributed by atoms with van der Waals surface area (Å²) in [6, 6.07) is 21.8. The van der Waals surface area contributed by atoms with Gasteiger partial charge in [0.15, 0.2) is 12.2 Å². The highest BCUT2D eigenvalue weighted by Crippen LogP contribution is 2.32. The Balaban J connectivity index is 1.32. The number of nitrogens with zero attached hydrogens (tertiary/aromatic N) is 2. The van der Waals surface area contributed by atoms with Crippen LogP contribution in [0.15, 0.2) is 89.8 Å². The van der Waals surface area contributed by atoms with E-state index in [1.54, 1.807) is 49.7 Å². The van der Waals surface area contributed by atoms with E-state index in [2.05, 4.69) is 39.7 Å². The molecule has 10 heteroatoms. The minimum atomic E-state index is -0.509. The molecule has 4 rings (SSSR count). The Morgan fingerprint density at radius 3 is 2.39 bits per heavy atom. The van der Waals surface area contributed by atoms with Crippen LogP contribution in [0.4, 0.5) is 21.0 Å². The predicted molar refractivity (Wildman–Crippen MR) is 158 cm³/mol. The fraction of sp³-hybridized carbons (Fsp3) is 0.258. The molecule has 0 aliphatic rings. The van der Waals surface area contributed by atoms with Gasteiger partial charge in [-0.25, -0.2) is 14.6 Å². The van der Waals surface area contributed by atoms with Gasteiger partial charge in [0.1, 0.15) is 11.9 Å². The molecule has 0 bridgehead atoms. The van der Waals surface area contributed by atoms with Gasteiger partial charge in [-0.3, -0.25) is 4.90 Å². The lowest BCUT2D eigenvalue weighted by atomic mass is 10.1. The average Bonchev–Trinajstić information content (AvgIpc) is 3.53. The molecule has 0 aliphatic heterocycles. The first kappa shape index (κ1) is 29.2. The SMILES string of the molecule is CCN(CC)CC(OC(=O)NCc1cccc(NC(=O)Nc2ccc(-c3cnco3)c(OC)c2)c1)c1ccccc1. The zero-order valence-corrected chi connectivity index (χ0v) is 23.4. The minimum Gasteiger partial charge on any atom is -0.496 e. The monoisotopic (exact) mass is 557 g/mol. The van der Waals surface area contributed by atoms with Crippen LogP contribution < -0.4 is 20.7 Å². The highest BCUT2D eigenvalue weighted by atomic mass is 16.6. The van der Waals surface area contributed by atoms with Crippen LogP contribution in [0.1, 0.15) is 31.1 Å². The summed E-state index contributed by atoms with van der Waals surface area (Å²) in [5.74, 6) is 1.10. The number of anilines is 2. The second-order valence-corrected chi connectivity index (χ2v) is 9.20. The molecule has 3 N–H and O–H groups in total. The summed E-state index contributed by atoms with van der Waals surface area (Å²) in [4.78, 5) is 31.5. The van der Waals surface area contributed by atoms with Gasteiger partial charge in [-0.05, 0) is 48.5 Å². The van der Waals surface area contributed by atoms with Crippen molar-refractivity contribution >= 4 is 23.5 Å². The van der Waals surface area contributed by atoms with Crippen molar-refractivity contribution < 1.29 is 23.5 Å². The Morgan fingerprint density at radius 1 is 0.951 bits per heavy atom. The summed E-state index contributed by atoms with van der Waals surface area (Å²) >= 11 is 0. The Hall–Kier alpha value is -4.83. The largest absolute Gasteiger partial charge is 0.496 e. The Labute approximate surface area is 239 Å². The number of carbonyl (C=O) groups excluding carboxylic acids is 2. The summed E-state index contributed by atoms with van der Waals surface area (Å²) in [7, 11) is 1.54. The number of likely N-dealkylation sites (N-methyl/N-ethyl adjacent to an activating group) is 1. The number of oxazole rings is 1. The van der Waals surface area contributed by atoms with E-state index in [0.717, 1.165) is 29.8 Å². The van der Waals surface area contributed by atoms with Crippen molar-refractivity contribution in [2.45, 2.75) is 26.5 Å². The highest BCUT2D eigenvalue weighted by Gasteiger charge is 2.19. The molecule has 0 radical (unpaired) electrons. The second-order valence-electron chi connectivity index (χ2n) is 9.20. The number of carbonyl (C=O) groups is 2. The first-order valence-electron chi connectivity index (χ1n) is 13.4. The first-order valence-corrected chi connectivity index (χ1v) is 13.4. The van der Waals surface area contributed by atoms with Gasteiger partial charge in [0.25, 0.3) is 0 Å². The van der Waals surface area contributed by atoms with Gasteiger partial charge in [0.2, 0.25) is 0 Å². The zero-order chi connectivity index (χ0) is 29.0. The molecule has 1 unspecified atom stereocenters. The molecule has 3 amide bonds. The molecule has 10 nitrogen and oxygen atoms in total. The normalized spacial score (nSPS) is 11.5. The molecule has 4 aromatic rings. The van der Waals surface area contributed by atoms with Crippen molar-refractivity contribution in [2.24, 2.45) is 0 Å². The van der Waals surface area contributed by atoms with Gasteiger partial charge in [-0.1, -0.05) is 56.3 Å². The van der Waals surface area contributed by atoms with Gasteiger partial charge in [-0.15, -0.1) is 0 Å². The third kappa shape index (κ3) is 8.33. The summed E-state index contributed by atoms with van der Waals surface area (Å²) in [6.07, 6.45) is 2.03. The number of nitrogens with one attached hydrogen (secondary N) is 3. The summed E-state index contributed by atoms with van der Waals surface area (Å²) in [5.41, 5.74) is 3.58. The van der Waals surface area contributed by atoms with Gasteiger partial charge in [-0.2, -0.15) is 0 Å². The molecule has 1 aromatic heterocycles. The Morgan fingerprint density at radius 2 is 1.71 bits per heavy atom. The predicted octanol–water partition coefficient (Wildman–Crippen LogP) is 6.30. The molecule has 1 atom stereocenters. The van der Waals surface area contributed by atoms with E-state index in [4.69, 9.17) is 13.9 Å². The number of alkyl carbamates (subject to hydrolysis) is 1. The molecular formula is C31H35N5O5. The molecule has 0 aliphatic carbocycles. The van der Waals surface area contributed by atoms with Crippen molar-refractivity contribution in [3.63, 3.8) is 0 Å². The average molecular weight is 558 g/mol. The van der Waals surface area contributed by atoms with Crippen LogP contribution in [0, 0.1) is 0 Å². The third-order valence-corrected chi connectivity index (χ3v) is 6.52. The maximum absolute atomic E-state index is 12.7. The van der Waals surface area contributed by atoms with Gasteiger partial charge >= 0.3 is 12.1 Å². The van der Waals surface area contributed by atoms with Crippen molar-refractivity contribution in [1.82, 2.24) is 15.2 Å². The lowest BCUT2D eigenvalue weighted by Crippen LogP contribution is -2.33. The smallest absolute Gasteiger partial charge is 0.408 e. The molecule has 0 fully saturated rings. The van der Waals surface area contributed by atoms with E-state index in [1.165, 1.54) is 6.39 Å². The van der Waals surface area contributed by atoms with Gasteiger partial charge < -0.3 is 29.8 Å². The van der Waals surface area contributed by atoms with E-state index in [-0.39, 0.29) is 6.54 Å². The number of hydrogen-bond donors (Lipinski definition) is 3. The minimum absolute atomic E-state index is 0.239. The van der Waals surface area contributed by atoms with Gasteiger partial charge in [0, 0.05) is 30.5 Å². The van der Waals surface area contributed by atoms with Crippen LogP contribution in [0.5, 0.6) is 5.75 Å². The van der Waals surface area contributed by atoms with E-state index in [1.807, 2.05) is 36.4 Å². The van der Waals surface area contributed by atoms with E-state index < -0.39 is 18.2 Å². The zero-order valence-electron chi connectivity index (χ0n) is 23.4. The lowest BCUT2D eigenvalue weighted by molar-refractivity contribution is 0.0716. The number of ether oxygens (including phenoxy) is 2. The summed E-state index contributed by atoms with van der Waals surface area (Å²) in [5, 5.41) is 8.44. The first-order chi connectivity index (χ1) is 20.0. The van der Waals surface area contributed by atoms with Crippen LogP contribution in [-0.4, -0.2) is 48.8 Å². The van der Waals surface area contributed by atoms with E-state index >= 15 is 0 Å². The van der Waals surface area contributed by atoms with Gasteiger partial charge in [0.05, 0.1) is 18.9 Å². The highest BCUT2D eigenvalue weighted by molar-refractivity contribution is 6.00. The van der Waals surface area contributed by atoms with Crippen molar-refractivity contribution in [2.75, 3.05) is 37.4 Å². The number of aromatic nitrogens is 1. The molecule has 41 heavy (non-hydrogen) atoms. The standard InChI is InChI=1S/C31H35N5O5/c1-4-36(5-2)20-29(23-11-7-6-8-12-23)41-31(38)33-18-22-10-9-13-24(16-22)34-30(37)35-25-14-15-26(27(17-25)39-3)28-19-32-21-40-28/h6-17,19,21,29H,4-5,18,20H2,1-3H3,(H,33,38)(H2,34,35,37). The van der Waals surface area contributed by atoms with Crippen LogP contribution in [0.25, 0.3) is 11.3 Å². The van der Waals surface area contributed by atoms with E-state index in [9.17, 15) is 9.59 Å². The molecule has 0 saturated heterocycles. The lowest BCUT2D eigenvalue weighted by Gasteiger charge is -2.25. The van der Waals surface area contributed by atoms with Crippen LogP contribution >= 0.6 is 0 Å². The molecule has 3 aromatic carbocycles. The fourth-order valence-corrected chi connectivity index (χ4v) is 4.31. The maximum Gasteiger partial charge on any atom is 0.408 e. The molecule has 0 saturated carbocycles. The summed E-state index contributed by atoms with van der Waals surface area (Å²) in [6.45, 7) is 6.73. The molecule has 214 valence electrons. The molecular weight excluding hydrogens is 522 g/mol. The number of benzene rings is 3. The fourth-order valence-electron chi connectivity index (χ4n) is 4.31. The van der Waals surface area contributed by atoms with Crippen molar-refractivity contribution in [1.29, 1.82) is 0 Å². The third-order valence-electron chi connectivity index (χ3n) is 6.52. The quantitative estimate of drug-likeness (QED) is 0.187. The number of hydrogen-bond acceptors (Lipinski definition) is 7. The maximum atomic E-state index is 12.7. The topological polar surface area (TPSA) is 118 Å². The van der Waals surface area contributed by atoms with E-state index in [0.29, 0.717) is 29.4 Å². The van der Waals surface area contributed by atoms with Crippen molar-refractivity contribution in [3.8, 4) is 17.1 Å². The number of methoxy groups -OCH3 is 1. The Kier molecular flexibility index (Phi) is 10.3. The molecule has 1 heterocycles. The van der Waals surface area contributed by atoms with Crippen LogP contribution in [0.3, 0.4) is 0 Å².